The fourth-order valence-electron chi connectivity index (χ4n) is 2.99. The maximum atomic E-state index is 14.0. The molecule has 1 unspecified atom stereocenters. The van der Waals surface area contributed by atoms with Gasteiger partial charge in [-0.05, 0) is 31.4 Å². The lowest BCUT2D eigenvalue weighted by atomic mass is 9.73. The lowest BCUT2D eigenvalue weighted by molar-refractivity contribution is 0.0691. The van der Waals surface area contributed by atoms with Crippen LogP contribution in [0.15, 0.2) is 24.3 Å². The summed E-state index contributed by atoms with van der Waals surface area (Å²) in [6, 6.07) is 6.83. The zero-order valence-corrected chi connectivity index (χ0v) is 9.95. The van der Waals surface area contributed by atoms with E-state index >= 15 is 0 Å². The first-order valence-corrected chi connectivity index (χ1v) is 6.05. The first-order chi connectivity index (χ1) is 8.08. The summed E-state index contributed by atoms with van der Waals surface area (Å²) >= 11 is 0. The fraction of sp³-hybridized carbons (Fsp3) is 0.500. The first kappa shape index (κ1) is 12.1. The zero-order chi connectivity index (χ0) is 12.5. The van der Waals surface area contributed by atoms with Crippen molar-refractivity contribution in [2.75, 3.05) is 0 Å². The van der Waals surface area contributed by atoms with Crippen molar-refractivity contribution in [2.24, 2.45) is 0 Å². The van der Waals surface area contributed by atoms with E-state index in [9.17, 15) is 14.3 Å². The van der Waals surface area contributed by atoms with Crippen molar-refractivity contribution >= 4 is 5.97 Å². The second kappa shape index (κ2) is 4.47. The molecule has 92 valence electrons. The van der Waals surface area contributed by atoms with Gasteiger partial charge in [0.2, 0.25) is 0 Å². The predicted octanol–water partition coefficient (Wildman–Crippen LogP) is 3.55. The number of hydrogen-bond acceptors (Lipinski definition) is 1. The molecule has 1 aromatic rings. The van der Waals surface area contributed by atoms with Crippen molar-refractivity contribution in [1.29, 1.82) is 0 Å². The third-order valence-corrected chi connectivity index (χ3v) is 3.95. The topological polar surface area (TPSA) is 37.3 Å². The van der Waals surface area contributed by atoms with Crippen LogP contribution in [0.4, 0.5) is 4.39 Å². The number of benzene rings is 1. The lowest BCUT2D eigenvalue weighted by Gasteiger charge is -2.32. The minimum Gasteiger partial charge on any atom is -0.478 e. The highest BCUT2D eigenvalue weighted by Crippen LogP contribution is 2.46. The molecule has 0 radical (unpaired) electrons. The normalized spacial score (nSPS) is 20.1. The van der Waals surface area contributed by atoms with Crippen LogP contribution in [0, 0.1) is 0 Å². The number of rotatable bonds is 3. The zero-order valence-electron chi connectivity index (χ0n) is 9.95. The summed E-state index contributed by atoms with van der Waals surface area (Å²) in [4.78, 5) is 11.2. The summed E-state index contributed by atoms with van der Waals surface area (Å²) in [6.45, 7) is 1.55. The number of carboxylic acids is 1. The summed E-state index contributed by atoms with van der Waals surface area (Å²) in [5, 5.41) is 9.20. The molecular formula is C14H17FO2. The van der Waals surface area contributed by atoms with Gasteiger partial charge >= 0.3 is 5.97 Å². The highest BCUT2D eigenvalue weighted by molar-refractivity contribution is 5.90. The molecule has 0 bridgehead atoms. The minimum absolute atomic E-state index is 0.249. The Balaban J connectivity index is 2.54. The van der Waals surface area contributed by atoms with Crippen LogP contribution in [0.25, 0.3) is 0 Å². The third kappa shape index (κ3) is 1.94. The molecule has 17 heavy (non-hydrogen) atoms. The molecule has 3 heteroatoms. The highest BCUT2D eigenvalue weighted by atomic mass is 19.1. The molecule has 1 atom stereocenters. The van der Waals surface area contributed by atoms with Crippen molar-refractivity contribution in [3.05, 3.63) is 35.4 Å². The average molecular weight is 236 g/mol. The van der Waals surface area contributed by atoms with Crippen LogP contribution in [0.3, 0.4) is 0 Å². The van der Waals surface area contributed by atoms with Crippen LogP contribution in [0.2, 0.25) is 0 Å². The van der Waals surface area contributed by atoms with E-state index in [4.69, 9.17) is 0 Å². The average Bonchev–Trinajstić information content (AvgIpc) is 2.79. The summed E-state index contributed by atoms with van der Waals surface area (Å²) in [6.07, 6.45) is 2.43. The summed E-state index contributed by atoms with van der Waals surface area (Å²) in [5.41, 5.74) is 0.327. The SMILES string of the molecule is CC(F)C1(c2ccccc2C(=O)O)CCCC1. The molecule has 2 rings (SSSR count). The Morgan fingerprint density at radius 1 is 1.35 bits per heavy atom. The molecular weight excluding hydrogens is 219 g/mol. The monoisotopic (exact) mass is 236 g/mol. The molecule has 0 spiro atoms. The second-order valence-corrected chi connectivity index (χ2v) is 4.83. The Morgan fingerprint density at radius 3 is 2.47 bits per heavy atom. The predicted molar refractivity (Wildman–Crippen MR) is 64.1 cm³/mol. The molecule has 1 aliphatic rings. The summed E-state index contributed by atoms with van der Waals surface area (Å²) < 4.78 is 14.0. The molecule has 1 aromatic carbocycles. The van der Waals surface area contributed by atoms with Gasteiger partial charge in [0, 0.05) is 5.41 Å². The number of hydrogen-bond donors (Lipinski definition) is 1. The third-order valence-electron chi connectivity index (χ3n) is 3.95. The van der Waals surface area contributed by atoms with Crippen LogP contribution in [-0.4, -0.2) is 17.2 Å². The number of alkyl halides is 1. The maximum absolute atomic E-state index is 14.0. The van der Waals surface area contributed by atoms with E-state index in [0.717, 1.165) is 25.7 Å². The Labute approximate surface area is 100 Å². The van der Waals surface area contributed by atoms with Gasteiger partial charge in [-0.3, -0.25) is 0 Å². The molecule has 0 amide bonds. The first-order valence-electron chi connectivity index (χ1n) is 6.05. The van der Waals surface area contributed by atoms with Gasteiger partial charge in [-0.1, -0.05) is 31.0 Å². The molecule has 0 heterocycles. The van der Waals surface area contributed by atoms with Gasteiger partial charge in [-0.2, -0.15) is 0 Å². The molecule has 1 N–H and O–H groups in total. The van der Waals surface area contributed by atoms with E-state index in [1.165, 1.54) is 0 Å². The molecule has 1 aliphatic carbocycles. The smallest absolute Gasteiger partial charge is 0.335 e. The number of carboxylic acid groups (broad SMARTS) is 1. The van der Waals surface area contributed by atoms with E-state index in [1.54, 1.807) is 31.2 Å². The molecule has 2 nitrogen and oxygen atoms in total. The Bertz CT molecular complexity index is 420. The van der Waals surface area contributed by atoms with Crippen LogP contribution < -0.4 is 0 Å². The maximum Gasteiger partial charge on any atom is 0.335 e. The lowest BCUT2D eigenvalue weighted by Crippen LogP contribution is -2.33. The van der Waals surface area contributed by atoms with Crippen molar-refractivity contribution in [1.82, 2.24) is 0 Å². The summed E-state index contributed by atoms with van der Waals surface area (Å²) in [5.74, 6) is -0.965. The number of aromatic carboxylic acids is 1. The quantitative estimate of drug-likeness (QED) is 0.871. The fourth-order valence-corrected chi connectivity index (χ4v) is 2.99. The second-order valence-electron chi connectivity index (χ2n) is 4.83. The molecule has 0 aromatic heterocycles. The number of carbonyl (C=O) groups is 1. The van der Waals surface area contributed by atoms with Crippen LogP contribution >= 0.6 is 0 Å². The molecule has 0 saturated heterocycles. The Morgan fingerprint density at radius 2 is 1.94 bits per heavy atom. The van der Waals surface area contributed by atoms with E-state index in [-0.39, 0.29) is 5.56 Å². The van der Waals surface area contributed by atoms with Crippen LogP contribution in [0.5, 0.6) is 0 Å². The van der Waals surface area contributed by atoms with Gasteiger partial charge in [0.15, 0.2) is 0 Å². The number of halogens is 1. The van der Waals surface area contributed by atoms with Gasteiger partial charge in [-0.15, -0.1) is 0 Å². The van der Waals surface area contributed by atoms with E-state index in [0.29, 0.717) is 5.56 Å². The summed E-state index contributed by atoms with van der Waals surface area (Å²) in [7, 11) is 0. The van der Waals surface area contributed by atoms with Crippen LogP contribution in [0.1, 0.15) is 48.5 Å². The molecule has 0 aliphatic heterocycles. The van der Waals surface area contributed by atoms with E-state index in [2.05, 4.69) is 0 Å². The largest absolute Gasteiger partial charge is 0.478 e. The van der Waals surface area contributed by atoms with Crippen LogP contribution in [-0.2, 0) is 5.41 Å². The minimum atomic E-state index is -1.01. The Kier molecular flexibility index (Phi) is 3.18. The molecule has 1 fully saturated rings. The van der Waals surface area contributed by atoms with Crippen molar-refractivity contribution in [3.8, 4) is 0 Å². The van der Waals surface area contributed by atoms with E-state index < -0.39 is 17.6 Å². The van der Waals surface area contributed by atoms with Gasteiger partial charge in [-0.25, -0.2) is 9.18 Å². The van der Waals surface area contributed by atoms with Gasteiger partial charge in [0.05, 0.1) is 5.56 Å². The van der Waals surface area contributed by atoms with Gasteiger partial charge in [0.1, 0.15) is 6.17 Å². The standard InChI is InChI=1S/C14H17FO2/c1-10(15)14(8-4-5-9-14)12-7-3-2-6-11(12)13(16)17/h2-3,6-7,10H,4-5,8-9H2,1H3,(H,16,17). The van der Waals surface area contributed by atoms with E-state index in [1.807, 2.05) is 0 Å². The van der Waals surface area contributed by atoms with Gasteiger partial charge in [0.25, 0.3) is 0 Å². The van der Waals surface area contributed by atoms with Crippen molar-refractivity contribution in [2.45, 2.75) is 44.2 Å². The van der Waals surface area contributed by atoms with Crippen molar-refractivity contribution < 1.29 is 14.3 Å². The molecule has 1 saturated carbocycles. The highest BCUT2D eigenvalue weighted by Gasteiger charge is 2.42. The van der Waals surface area contributed by atoms with Crippen molar-refractivity contribution in [3.63, 3.8) is 0 Å². The Hall–Kier alpha value is -1.38. The van der Waals surface area contributed by atoms with Gasteiger partial charge < -0.3 is 5.11 Å².